The van der Waals surface area contributed by atoms with Crippen molar-refractivity contribution in [2.75, 3.05) is 7.05 Å². The number of aromatic nitrogens is 1. The van der Waals surface area contributed by atoms with Crippen molar-refractivity contribution in [3.63, 3.8) is 0 Å². The van der Waals surface area contributed by atoms with Crippen LogP contribution in [0.3, 0.4) is 0 Å². The number of para-hydroxylation sites is 1. The summed E-state index contributed by atoms with van der Waals surface area (Å²) in [5.74, 6) is 0. The van der Waals surface area contributed by atoms with Gasteiger partial charge in [0.05, 0.1) is 0 Å². The number of nitrogens with one attached hydrogen (secondary N) is 1. The number of hydrogen-bond acceptors (Lipinski definition) is 3. The lowest BCUT2D eigenvalue weighted by molar-refractivity contribution is 0.459. The van der Waals surface area contributed by atoms with E-state index in [2.05, 4.69) is 65.1 Å². The molecule has 0 saturated heterocycles. The van der Waals surface area contributed by atoms with Crippen molar-refractivity contribution in [3.8, 4) is 11.3 Å². The third kappa shape index (κ3) is 3.06. The van der Waals surface area contributed by atoms with E-state index < -0.39 is 0 Å². The Kier molecular flexibility index (Phi) is 4.32. The van der Waals surface area contributed by atoms with Crippen molar-refractivity contribution in [1.29, 1.82) is 0 Å². The number of hydrogen-bond donors (Lipinski definition) is 1. The summed E-state index contributed by atoms with van der Waals surface area (Å²) in [5, 5.41) is 8.85. The molecule has 4 rings (SSSR count). The highest BCUT2D eigenvalue weighted by Crippen LogP contribution is 2.33. The second-order valence-electron chi connectivity index (χ2n) is 6.15. The standard InChI is InChI=1S/C22H20N2O/c1-23-20(15-16-9-3-2-4-10-16)17-11-5-6-12-18(17)22-19-13-7-8-14-21(19)25-24-22/h2-14,20,23H,15H2,1H3. The molecule has 0 fully saturated rings. The van der Waals surface area contributed by atoms with E-state index in [1.54, 1.807) is 0 Å². The van der Waals surface area contributed by atoms with E-state index in [1.807, 2.05) is 31.3 Å². The molecule has 1 heterocycles. The lowest BCUT2D eigenvalue weighted by atomic mass is 9.92. The van der Waals surface area contributed by atoms with Crippen LogP contribution in [0.1, 0.15) is 17.2 Å². The van der Waals surface area contributed by atoms with E-state index >= 15 is 0 Å². The number of nitrogens with zero attached hydrogens (tertiary/aromatic N) is 1. The SMILES string of the molecule is CNC(Cc1ccccc1)c1ccccc1-c1noc2ccccc12. The predicted octanol–water partition coefficient (Wildman–Crippen LogP) is 5.00. The quantitative estimate of drug-likeness (QED) is 0.560. The van der Waals surface area contributed by atoms with Crippen LogP contribution in [-0.2, 0) is 6.42 Å². The average Bonchev–Trinajstić information content (AvgIpc) is 3.11. The zero-order valence-electron chi connectivity index (χ0n) is 14.1. The summed E-state index contributed by atoms with van der Waals surface area (Å²) >= 11 is 0. The molecule has 0 aliphatic carbocycles. The fourth-order valence-electron chi connectivity index (χ4n) is 3.31. The molecule has 3 heteroatoms. The van der Waals surface area contributed by atoms with Crippen LogP contribution >= 0.6 is 0 Å². The number of fused-ring (bicyclic) bond motifs is 1. The van der Waals surface area contributed by atoms with Crippen molar-refractivity contribution in [2.45, 2.75) is 12.5 Å². The highest BCUT2D eigenvalue weighted by Gasteiger charge is 2.18. The minimum absolute atomic E-state index is 0.203. The van der Waals surface area contributed by atoms with Crippen LogP contribution in [0.2, 0.25) is 0 Å². The molecule has 3 nitrogen and oxygen atoms in total. The van der Waals surface area contributed by atoms with Crippen molar-refractivity contribution in [3.05, 3.63) is 90.0 Å². The van der Waals surface area contributed by atoms with E-state index in [1.165, 1.54) is 11.1 Å². The molecule has 0 aliphatic rings. The van der Waals surface area contributed by atoms with Crippen LogP contribution in [0.4, 0.5) is 0 Å². The van der Waals surface area contributed by atoms with E-state index in [9.17, 15) is 0 Å². The Morgan fingerprint density at radius 1 is 0.880 bits per heavy atom. The smallest absolute Gasteiger partial charge is 0.167 e. The van der Waals surface area contributed by atoms with Gasteiger partial charge in [-0.05, 0) is 36.7 Å². The summed E-state index contributed by atoms with van der Waals surface area (Å²) in [6.45, 7) is 0. The van der Waals surface area contributed by atoms with Crippen LogP contribution in [0, 0.1) is 0 Å². The number of rotatable bonds is 5. The Morgan fingerprint density at radius 3 is 2.44 bits per heavy atom. The summed E-state index contributed by atoms with van der Waals surface area (Å²) in [6.07, 6.45) is 0.921. The Bertz CT molecular complexity index is 975. The molecule has 1 aromatic heterocycles. The second kappa shape index (κ2) is 6.91. The minimum atomic E-state index is 0.203. The van der Waals surface area contributed by atoms with Crippen LogP contribution < -0.4 is 5.32 Å². The lowest BCUT2D eigenvalue weighted by Crippen LogP contribution is -2.19. The maximum Gasteiger partial charge on any atom is 0.167 e. The molecule has 1 N–H and O–H groups in total. The van der Waals surface area contributed by atoms with E-state index in [0.29, 0.717) is 0 Å². The minimum Gasteiger partial charge on any atom is -0.356 e. The van der Waals surface area contributed by atoms with E-state index in [4.69, 9.17) is 4.52 Å². The molecule has 25 heavy (non-hydrogen) atoms. The fraction of sp³-hybridized carbons (Fsp3) is 0.136. The van der Waals surface area contributed by atoms with Gasteiger partial charge in [0.25, 0.3) is 0 Å². The van der Waals surface area contributed by atoms with Crippen molar-refractivity contribution < 1.29 is 4.52 Å². The van der Waals surface area contributed by atoms with Gasteiger partial charge in [0.2, 0.25) is 0 Å². The molecule has 3 aromatic carbocycles. The van der Waals surface area contributed by atoms with Crippen molar-refractivity contribution in [1.82, 2.24) is 10.5 Å². The zero-order valence-corrected chi connectivity index (χ0v) is 14.1. The summed E-state index contributed by atoms with van der Waals surface area (Å²) in [4.78, 5) is 0. The molecule has 0 aliphatic heterocycles. The third-order valence-corrected chi connectivity index (χ3v) is 4.60. The molecule has 0 radical (unpaired) electrons. The van der Waals surface area contributed by atoms with E-state index in [0.717, 1.165) is 28.6 Å². The van der Waals surface area contributed by atoms with Gasteiger partial charge < -0.3 is 9.84 Å². The first-order valence-corrected chi connectivity index (χ1v) is 8.51. The predicted molar refractivity (Wildman–Crippen MR) is 101 cm³/mol. The maximum atomic E-state index is 5.52. The van der Waals surface area contributed by atoms with Gasteiger partial charge in [-0.2, -0.15) is 0 Å². The third-order valence-electron chi connectivity index (χ3n) is 4.60. The molecule has 124 valence electrons. The summed E-state index contributed by atoms with van der Waals surface area (Å²) < 4.78 is 5.52. The van der Waals surface area contributed by atoms with Crippen LogP contribution in [0.15, 0.2) is 83.4 Å². The Hall–Kier alpha value is -2.91. The first-order valence-electron chi connectivity index (χ1n) is 8.51. The van der Waals surface area contributed by atoms with Gasteiger partial charge >= 0.3 is 0 Å². The van der Waals surface area contributed by atoms with Crippen LogP contribution in [-0.4, -0.2) is 12.2 Å². The van der Waals surface area contributed by atoms with E-state index in [-0.39, 0.29) is 6.04 Å². The molecule has 4 aromatic rings. The fourth-order valence-corrected chi connectivity index (χ4v) is 3.31. The molecule has 0 spiro atoms. The van der Waals surface area contributed by atoms with Gasteiger partial charge in [-0.3, -0.25) is 0 Å². The molecule has 1 atom stereocenters. The van der Waals surface area contributed by atoms with Gasteiger partial charge in [-0.25, -0.2) is 0 Å². The molecular weight excluding hydrogens is 308 g/mol. The van der Waals surface area contributed by atoms with Gasteiger partial charge in [0.15, 0.2) is 5.58 Å². The first-order chi connectivity index (χ1) is 12.4. The Balaban J connectivity index is 1.78. The Labute approximate surface area is 147 Å². The highest BCUT2D eigenvalue weighted by molar-refractivity contribution is 5.92. The van der Waals surface area contributed by atoms with Crippen molar-refractivity contribution >= 4 is 11.0 Å². The van der Waals surface area contributed by atoms with Crippen molar-refractivity contribution in [2.24, 2.45) is 0 Å². The van der Waals surface area contributed by atoms with Gasteiger partial charge in [-0.1, -0.05) is 71.9 Å². The largest absolute Gasteiger partial charge is 0.356 e. The van der Waals surface area contributed by atoms with Gasteiger partial charge in [-0.15, -0.1) is 0 Å². The highest BCUT2D eigenvalue weighted by atomic mass is 16.5. The monoisotopic (exact) mass is 328 g/mol. The Morgan fingerprint density at radius 2 is 1.60 bits per heavy atom. The van der Waals surface area contributed by atoms with Crippen LogP contribution in [0.25, 0.3) is 22.2 Å². The molecular formula is C22H20N2O. The number of likely N-dealkylation sites (N-methyl/N-ethyl adjacent to an activating group) is 1. The molecule has 0 saturated carbocycles. The normalized spacial score (nSPS) is 12.4. The topological polar surface area (TPSA) is 38.1 Å². The molecule has 1 unspecified atom stereocenters. The molecule has 0 bridgehead atoms. The summed E-state index contributed by atoms with van der Waals surface area (Å²) in [7, 11) is 2.01. The average molecular weight is 328 g/mol. The lowest BCUT2D eigenvalue weighted by Gasteiger charge is -2.19. The summed E-state index contributed by atoms with van der Waals surface area (Å²) in [5.41, 5.74) is 5.37. The van der Waals surface area contributed by atoms with Gasteiger partial charge in [0.1, 0.15) is 5.69 Å². The first kappa shape index (κ1) is 15.6. The summed E-state index contributed by atoms with van der Waals surface area (Å²) in [6, 6.07) is 27.2. The maximum absolute atomic E-state index is 5.52. The second-order valence-corrected chi connectivity index (χ2v) is 6.15. The van der Waals surface area contributed by atoms with Gasteiger partial charge in [0, 0.05) is 17.0 Å². The zero-order chi connectivity index (χ0) is 17.1. The van der Waals surface area contributed by atoms with Crippen LogP contribution in [0.5, 0.6) is 0 Å². The molecule has 0 amide bonds. The number of benzene rings is 3.